The molecule has 0 aliphatic carbocycles. The number of hydrogen-bond acceptors (Lipinski definition) is 3. The van der Waals surface area contributed by atoms with Gasteiger partial charge in [-0.1, -0.05) is 35.9 Å². The average molecular weight is 347 g/mol. The van der Waals surface area contributed by atoms with Crippen LogP contribution < -0.4 is 9.64 Å². The van der Waals surface area contributed by atoms with Crippen molar-refractivity contribution in [2.45, 2.75) is 26.9 Å². The minimum atomic E-state index is 0.0715. The molecule has 2 aromatic carbocycles. The molecule has 4 rings (SSSR count). The molecule has 0 saturated heterocycles. The van der Waals surface area contributed by atoms with Crippen molar-refractivity contribution in [3.05, 3.63) is 65.4 Å². The summed E-state index contributed by atoms with van der Waals surface area (Å²) in [6, 6.07) is 16.1. The highest BCUT2D eigenvalue weighted by atomic mass is 16.5. The Morgan fingerprint density at radius 3 is 2.58 bits per heavy atom. The van der Waals surface area contributed by atoms with E-state index in [2.05, 4.69) is 25.1 Å². The summed E-state index contributed by atoms with van der Waals surface area (Å²) in [5, 5.41) is 0. The van der Waals surface area contributed by atoms with Gasteiger partial charge in [0, 0.05) is 11.3 Å². The number of hydrogen-bond donors (Lipinski definition) is 0. The molecule has 0 bridgehead atoms. The number of fused-ring (bicyclic) bond motifs is 1. The zero-order valence-corrected chi connectivity index (χ0v) is 15.2. The lowest BCUT2D eigenvalue weighted by Gasteiger charge is -2.14. The third kappa shape index (κ3) is 2.75. The molecule has 26 heavy (non-hydrogen) atoms. The van der Waals surface area contributed by atoms with E-state index in [1.165, 1.54) is 5.56 Å². The highest BCUT2D eigenvalue weighted by Crippen LogP contribution is 2.32. The van der Waals surface area contributed by atoms with Gasteiger partial charge in [0.15, 0.2) is 0 Å². The van der Waals surface area contributed by atoms with Crippen molar-refractivity contribution in [1.82, 2.24) is 9.55 Å². The third-order valence-corrected chi connectivity index (χ3v) is 4.83. The van der Waals surface area contributed by atoms with Crippen molar-refractivity contribution < 1.29 is 9.53 Å². The Morgan fingerprint density at radius 2 is 1.88 bits per heavy atom. The summed E-state index contributed by atoms with van der Waals surface area (Å²) in [5.41, 5.74) is 5.29. The van der Waals surface area contributed by atoms with E-state index < -0.39 is 0 Å². The standard InChI is InChI=1S/C21H21N3O2/c1-14-5-4-6-17(11-14)20-15(2)23-13-19(25)24(21(23)22-20)12-16-7-9-18(26-3)10-8-16/h4-11H,12-13H2,1-3H3. The number of amides is 1. The Hall–Kier alpha value is -3.08. The van der Waals surface area contributed by atoms with Gasteiger partial charge >= 0.3 is 0 Å². The summed E-state index contributed by atoms with van der Waals surface area (Å²) >= 11 is 0. The number of carbonyl (C=O) groups excluding carboxylic acids is 1. The van der Waals surface area contributed by atoms with Crippen molar-refractivity contribution in [2.24, 2.45) is 0 Å². The smallest absolute Gasteiger partial charge is 0.249 e. The fourth-order valence-corrected chi connectivity index (χ4v) is 3.38. The van der Waals surface area contributed by atoms with Gasteiger partial charge in [0.05, 0.1) is 19.3 Å². The maximum atomic E-state index is 12.5. The second-order valence-corrected chi connectivity index (χ2v) is 6.63. The van der Waals surface area contributed by atoms with Crippen molar-refractivity contribution in [1.29, 1.82) is 0 Å². The van der Waals surface area contributed by atoms with Gasteiger partial charge in [0.25, 0.3) is 0 Å². The summed E-state index contributed by atoms with van der Waals surface area (Å²) in [6.07, 6.45) is 0. The molecule has 0 N–H and O–H groups in total. The first-order valence-corrected chi connectivity index (χ1v) is 8.64. The van der Waals surface area contributed by atoms with E-state index in [1.54, 1.807) is 12.0 Å². The van der Waals surface area contributed by atoms with Gasteiger partial charge < -0.3 is 9.30 Å². The van der Waals surface area contributed by atoms with E-state index in [0.717, 1.165) is 34.2 Å². The quantitative estimate of drug-likeness (QED) is 0.723. The van der Waals surface area contributed by atoms with Crippen LogP contribution in [0.2, 0.25) is 0 Å². The van der Waals surface area contributed by atoms with E-state index in [1.807, 2.05) is 41.8 Å². The summed E-state index contributed by atoms with van der Waals surface area (Å²) in [5.74, 6) is 1.60. The molecule has 1 aromatic heterocycles. The molecule has 2 heterocycles. The predicted molar refractivity (Wildman–Crippen MR) is 101 cm³/mol. The van der Waals surface area contributed by atoms with Crippen LogP contribution in [0.15, 0.2) is 48.5 Å². The maximum absolute atomic E-state index is 12.5. The number of aromatic nitrogens is 2. The Kier molecular flexibility index (Phi) is 3.99. The summed E-state index contributed by atoms with van der Waals surface area (Å²) in [6.45, 7) is 4.95. The zero-order valence-electron chi connectivity index (χ0n) is 15.2. The van der Waals surface area contributed by atoms with Crippen LogP contribution in [-0.2, 0) is 17.9 Å². The molecule has 0 radical (unpaired) electrons. The largest absolute Gasteiger partial charge is 0.497 e. The highest BCUT2D eigenvalue weighted by molar-refractivity contribution is 5.96. The molecule has 5 heteroatoms. The van der Waals surface area contributed by atoms with Crippen LogP contribution in [0, 0.1) is 13.8 Å². The van der Waals surface area contributed by atoms with E-state index in [9.17, 15) is 4.79 Å². The molecule has 1 aliphatic heterocycles. The van der Waals surface area contributed by atoms with E-state index in [4.69, 9.17) is 9.72 Å². The number of rotatable bonds is 4. The number of ether oxygens (including phenoxy) is 1. The van der Waals surface area contributed by atoms with Crippen molar-refractivity contribution in [3.8, 4) is 17.0 Å². The Bertz CT molecular complexity index is 973. The fraction of sp³-hybridized carbons (Fsp3) is 0.238. The van der Waals surface area contributed by atoms with Crippen LogP contribution in [0.25, 0.3) is 11.3 Å². The van der Waals surface area contributed by atoms with Crippen molar-refractivity contribution >= 4 is 11.9 Å². The molecule has 0 unspecified atom stereocenters. The number of carbonyl (C=O) groups is 1. The molecule has 1 amide bonds. The van der Waals surface area contributed by atoms with Gasteiger partial charge in [-0.15, -0.1) is 0 Å². The van der Waals surface area contributed by atoms with Crippen LogP contribution in [-0.4, -0.2) is 22.6 Å². The Morgan fingerprint density at radius 1 is 1.12 bits per heavy atom. The normalized spacial score (nSPS) is 13.2. The first kappa shape index (κ1) is 16.4. The van der Waals surface area contributed by atoms with E-state index in [0.29, 0.717) is 13.1 Å². The number of anilines is 1. The fourth-order valence-electron chi connectivity index (χ4n) is 3.38. The van der Waals surface area contributed by atoms with Crippen molar-refractivity contribution in [2.75, 3.05) is 12.0 Å². The number of imidazole rings is 1. The second kappa shape index (κ2) is 6.33. The highest BCUT2D eigenvalue weighted by Gasteiger charge is 2.32. The number of methoxy groups -OCH3 is 1. The number of nitrogens with zero attached hydrogens (tertiary/aromatic N) is 3. The molecule has 0 saturated carbocycles. The summed E-state index contributed by atoms with van der Waals surface area (Å²) in [4.78, 5) is 19.1. The SMILES string of the molecule is COc1ccc(CN2C(=O)Cn3c2nc(-c2cccc(C)c2)c3C)cc1. The van der Waals surface area contributed by atoms with Crippen LogP contribution >= 0.6 is 0 Å². The maximum Gasteiger partial charge on any atom is 0.249 e. The van der Waals surface area contributed by atoms with Gasteiger partial charge in [0.2, 0.25) is 11.9 Å². The number of benzene rings is 2. The van der Waals surface area contributed by atoms with Gasteiger partial charge in [0.1, 0.15) is 12.3 Å². The molecule has 0 fully saturated rings. The van der Waals surface area contributed by atoms with Crippen LogP contribution in [0.5, 0.6) is 5.75 Å². The lowest BCUT2D eigenvalue weighted by molar-refractivity contribution is -0.118. The molecule has 5 nitrogen and oxygen atoms in total. The van der Waals surface area contributed by atoms with Crippen molar-refractivity contribution in [3.63, 3.8) is 0 Å². The Labute approximate surface area is 152 Å². The Balaban J connectivity index is 1.68. The molecule has 3 aromatic rings. The monoisotopic (exact) mass is 347 g/mol. The van der Waals surface area contributed by atoms with Gasteiger partial charge in [-0.3, -0.25) is 9.69 Å². The molecule has 0 spiro atoms. The molecule has 1 aliphatic rings. The van der Waals surface area contributed by atoms with Gasteiger partial charge in [-0.2, -0.15) is 0 Å². The minimum Gasteiger partial charge on any atom is -0.497 e. The molecule has 132 valence electrons. The average Bonchev–Trinajstić information content (AvgIpc) is 3.12. The third-order valence-electron chi connectivity index (χ3n) is 4.83. The van der Waals surface area contributed by atoms with Gasteiger partial charge in [-0.05, 0) is 37.6 Å². The minimum absolute atomic E-state index is 0.0715. The molecule has 0 atom stereocenters. The van der Waals surface area contributed by atoms with Crippen LogP contribution in [0.3, 0.4) is 0 Å². The van der Waals surface area contributed by atoms with E-state index >= 15 is 0 Å². The molecular weight excluding hydrogens is 326 g/mol. The molecular formula is C21H21N3O2. The topological polar surface area (TPSA) is 47.4 Å². The lowest BCUT2D eigenvalue weighted by Crippen LogP contribution is -2.26. The second-order valence-electron chi connectivity index (χ2n) is 6.63. The van der Waals surface area contributed by atoms with Crippen LogP contribution in [0.4, 0.5) is 5.95 Å². The lowest BCUT2D eigenvalue weighted by atomic mass is 10.1. The predicted octanol–water partition coefficient (Wildman–Crippen LogP) is 3.72. The summed E-state index contributed by atoms with van der Waals surface area (Å²) in [7, 11) is 1.64. The van der Waals surface area contributed by atoms with Gasteiger partial charge in [-0.25, -0.2) is 4.98 Å². The van der Waals surface area contributed by atoms with E-state index in [-0.39, 0.29) is 5.91 Å². The number of aryl methyl sites for hydroxylation is 1. The zero-order chi connectivity index (χ0) is 18.3. The first-order valence-electron chi connectivity index (χ1n) is 8.64. The summed E-state index contributed by atoms with van der Waals surface area (Å²) < 4.78 is 7.20. The van der Waals surface area contributed by atoms with Crippen LogP contribution in [0.1, 0.15) is 16.8 Å². The first-order chi connectivity index (χ1) is 12.6.